The van der Waals surface area contributed by atoms with Crippen molar-refractivity contribution in [2.24, 2.45) is 0 Å². The fourth-order valence-corrected chi connectivity index (χ4v) is 1.95. The van der Waals surface area contributed by atoms with E-state index < -0.39 is 7.12 Å². The first-order valence-corrected chi connectivity index (χ1v) is 6.03. The topological polar surface area (TPSA) is 41.9 Å². The molecule has 1 N–H and O–H groups in total. The monoisotopic (exact) mass is 235 g/mol. The average molecular weight is 235 g/mol. The van der Waals surface area contributed by atoms with E-state index in [1.54, 1.807) is 0 Å². The van der Waals surface area contributed by atoms with Gasteiger partial charge in [-0.25, -0.2) is 0 Å². The fourth-order valence-electron chi connectivity index (χ4n) is 1.95. The smallest absolute Gasteiger partial charge is 0.423 e. The lowest BCUT2D eigenvalue weighted by Crippen LogP contribution is -2.38. The molecule has 4 nitrogen and oxygen atoms in total. The predicted molar refractivity (Wildman–Crippen MR) is 68.7 cm³/mol. The van der Waals surface area contributed by atoms with Gasteiger partial charge < -0.3 is 19.3 Å². The lowest BCUT2D eigenvalue weighted by Gasteiger charge is -2.29. The molecular weight excluding hydrogens is 217 g/mol. The summed E-state index contributed by atoms with van der Waals surface area (Å²) in [6.07, 6.45) is 0. The van der Waals surface area contributed by atoms with Crippen LogP contribution in [0.3, 0.4) is 0 Å². The van der Waals surface area contributed by atoms with Crippen LogP contribution in [0.5, 0.6) is 0 Å². The molecule has 0 atom stereocenters. The van der Waals surface area contributed by atoms with Crippen molar-refractivity contribution in [3.63, 3.8) is 0 Å². The number of hydrogen-bond acceptors (Lipinski definition) is 4. The SMILES string of the molecule is CCOB(O)c1cccc(N2CCOCC2)c1. The molecule has 0 aliphatic carbocycles. The van der Waals surface area contributed by atoms with Crippen LogP contribution >= 0.6 is 0 Å². The number of nitrogens with zero attached hydrogens (tertiary/aromatic N) is 1. The minimum atomic E-state index is -0.832. The van der Waals surface area contributed by atoms with Crippen molar-refractivity contribution < 1.29 is 14.4 Å². The second kappa shape index (κ2) is 6.05. The quantitative estimate of drug-likeness (QED) is 0.759. The van der Waals surface area contributed by atoms with E-state index in [4.69, 9.17) is 9.39 Å². The van der Waals surface area contributed by atoms with Crippen LogP contribution in [0, 0.1) is 0 Å². The Kier molecular flexibility index (Phi) is 4.42. The summed E-state index contributed by atoms with van der Waals surface area (Å²) < 4.78 is 10.5. The van der Waals surface area contributed by atoms with E-state index in [9.17, 15) is 5.02 Å². The highest BCUT2D eigenvalue weighted by Crippen LogP contribution is 2.13. The van der Waals surface area contributed by atoms with Crippen molar-refractivity contribution in [2.75, 3.05) is 37.8 Å². The lowest BCUT2D eigenvalue weighted by atomic mass is 9.79. The molecular formula is C12H18BNO3. The van der Waals surface area contributed by atoms with Crippen molar-refractivity contribution in [1.29, 1.82) is 0 Å². The van der Waals surface area contributed by atoms with Crippen LogP contribution in [-0.4, -0.2) is 45.1 Å². The molecule has 17 heavy (non-hydrogen) atoms. The lowest BCUT2D eigenvalue weighted by molar-refractivity contribution is 0.122. The Bertz CT molecular complexity index is 355. The maximum Gasteiger partial charge on any atom is 0.491 e. The summed E-state index contributed by atoms with van der Waals surface area (Å²) >= 11 is 0. The molecule has 92 valence electrons. The number of benzene rings is 1. The number of ether oxygens (including phenoxy) is 1. The second-order valence-corrected chi connectivity index (χ2v) is 4.00. The Hall–Kier alpha value is -1.04. The van der Waals surface area contributed by atoms with Crippen LogP contribution < -0.4 is 10.4 Å². The van der Waals surface area contributed by atoms with Gasteiger partial charge in [-0.2, -0.15) is 0 Å². The Labute approximate surface area is 102 Å². The zero-order valence-electron chi connectivity index (χ0n) is 10.1. The van der Waals surface area contributed by atoms with E-state index in [1.807, 2.05) is 31.2 Å². The zero-order chi connectivity index (χ0) is 12.1. The molecule has 1 aromatic rings. The number of morpholine rings is 1. The van der Waals surface area contributed by atoms with E-state index >= 15 is 0 Å². The molecule has 0 aromatic heterocycles. The van der Waals surface area contributed by atoms with Crippen LogP contribution in [0.4, 0.5) is 5.69 Å². The van der Waals surface area contributed by atoms with E-state index in [-0.39, 0.29) is 0 Å². The molecule has 1 saturated heterocycles. The highest BCUT2D eigenvalue weighted by Gasteiger charge is 2.18. The van der Waals surface area contributed by atoms with E-state index in [1.165, 1.54) is 0 Å². The number of rotatable bonds is 4. The minimum absolute atomic E-state index is 0.503. The van der Waals surface area contributed by atoms with Gasteiger partial charge in [-0.15, -0.1) is 0 Å². The number of anilines is 1. The van der Waals surface area contributed by atoms with E-state index in [0.717, 1.165) is 37.5 Å². The molecule has 1 fully saturated rings. The standard InChI is InChI=1S/C12H18BNO3/c1-2-17-13(15)11-4-3-5-12(10-11)14-6-8-16-9-7-14/h3-5,10,15H,2,6-9H2,1H3. The summed E-state index contributed by atoms with van der Waals surface area (Å²) in [6, 6.07) is 7.85. The summed E-state index contributed by atoms with van der Waals surface area (Å²) in [7, 11) is -0.832. The molecule has 0 radical (unpaired) electrons. The molecule has 1 aromatic carbocycles. The Morgan fingerprint density at radius 2 is 2.18 bits per heavy atom. The largest absolute Gasteiger partial charge is 0.491 e. The Balaban J connectivity index is 2.09. The van der Waals surface area contributed by atoms with Gasteiger partial charge in [0, 0.05) is 25.4 Å². The van der Waals surface area contributed by atoms with Gasteiger partial charge in [0.15, 0.2) is 0 Å². The third-order valence-electron chi connectivity index (χ3n) is 2.86. The minimum Gasteiger partial charge on any atom is -0.423 e. The van der Waals surface area contributed by atoms with Crippen molar-refractivity contribution in [3.8, 4) is 0 Å². The van der Waals surface area contributed by atoms with E-state index in [2.05, 4.69) is 4.90 Å². The van der Waals surface area contributed by atoms with Crippen molar-refractivity contribution in [2.45, 2.75) is 6.92 Å². The predicted octanol–water partition coefficient (Wildman–Crippen LogP) is 0.247. The normalized spacial score (nSPS) is 16.0. The first-order chi connectivity index (χ1) is 8.31. The van der Waals surface area contributed by atoms with Crippen LogP contribution in [-0.2, 0) is 9.39 Å². The molecule has 1 aliphatic rings. The maximum atomic E-state index is 9.78. The highest BCUT2D eigenvalue weighted by atomic mass is 16.5. The first kappa shape index (κ1) is 12.4. The second-order valence-electron chi connectivity index (χ2n) is 4.00. The first-order valence-electron chi connectivity index (χ1n) is 6.03. The molecule has 1 aliphatic heterocycles. The van der Waals surface area contributed by atoms with Crippen LogP contribution in [0.1, 0.15) is 6.92 Å². The molecule has 0 unspecified atom stereocenters. The Morgan fingerprint density at radius 3 is 2.88 bits per heavy atom. The zero-order valence-corrected chi connectivity index (χ0v) is 10.1. The van der Waals surface area contributed by atoms with Gasteiger partial charge in [0.2, 0.25) is 0 Å². The molecule has 0 bridgehead atoms. The Morgan fingerprint density at radius 1 is 1.41 bits per heavy atom. The molecule has 0 saturated carbocycles. The fraction of sp³-hybridized carbons (Fsp3) is 0.500. The van der Waals surface area contributed by atoms with Gasteiger partial charge in [0.1, 0.15) is 0 Å². The van der Waals surface area contributed by atoms with Gasteiger partial charge in [-0.3, -0.25) is 0 Å². The van der Waals surface area contributed by atoms with Gasteiger partial charge >= 0.3 is 7.12 Å². The molecule has 5 heteroatoms. The summed E-state index contributed by atoms with van der Waals surface area (Å²) in [5, 5.41) is 9.78. The molecule has 2 rings (SSSR count). The van der Waals surface area contributed by atoms with Crippen molar-refractivity contribution >= 4 is 18.3 Å². The van der Waals surface area contributed by atoms with Crippen LogP contribution in [0.15, 0.2) is 24.3 Å². The number of hydrogen-bond donors (Lipinski definition) is 1. The molecule has 0 spiro atoms. The van der Waals surface area contributed by atoms with Crippen LogP contribution in [0.2, 0.25) is 0 Å². The maximum absolute atomic E-state index is 9.78. The molecule has 0 amide bonds. The van der Waals surface area contributed by atoms with Gasteiger partial charge in [0.05, 0.1) is 13.2 Å². The summed E-state index contributed by atoms with van der Waals surface area (Å²) in [6.45, 7) is 5.69. The third-order valence-corrected chi connectivity index (χ3v) is 2.86. The van der Waals surface area contributed by atoms with Crippen molar-refractivity contribution in [1.82, 2.24) is 0 Å². The van der Waals surface area contributed by atoms with Gasteiger partial charge in [0.25, 0.3) is 0 Å². The van der Waals surface area contributed by atoms with Crippen LogP contribution in [0.25, 0.3) is 0 Å². The van der Waals surface area contributed by atoms with Gasteiger partial charge in [-0.1, -0.05) is 12.1 Å². The summed E-state index contributed by atoms with van der Waals surface area (Å²) in [5.41, 5.74) is 1.92. The van der Waals surface area contributed by atoms with E-state index in [0.29, 0.717) is 6.61 Å². The van der Waals surface area contributed by atoms with Crippen molar-refractivity contribution in [3.05, 3.63) is 24.3 Å². The third kappa shape index (κ3) is 3.22. The highest BCUT2D eigenvalue weighted by molar-refractivity contribution is 6.60. The average Bonchev–Trinajstić information content (AvgIpc) is 2.40. The summed E-state index contributed by atoms with van der Waals surface area (Å²) in [4.78, 5) is 2.26. The molecule has 1 heterocycles. The van der Waals surface area contributed by atoms with Gasteiger partial charge in [-0.05, 0) is 24.5 Å². The summed E-state index contributed by atoms with van der Waals surface area (Å²) in [5.74, 6) is 0.